The molecule has 0 saturated carbocycles. The monoisotopic (exact) mass is 213 g/mol. The Hall–Kier alpha value is -0.600. The molecular weight excluding hydrogens is 201 g/mol. The van der Waals surface area contributed by atoms with E-state index in [-0.39, 0.29) is 11.9 Å². The van der Waals surface area contributed by atoms with Gasteiger partial charge in [0.1, 0.15) is 5.82 Å². The molecule has 1 saturated heterocycles. The highest BCUT2D eigenvalue weighted by Gasteiger charge is 2.19. The molecule has 1 atom stereocenters. The minimum Gasteiger partial charge on any atom is -0.310 e. The summed E-state index contributed by atoms with van der Waals surface area (Å²) in [6, 6.07) is 3.49. The standard InChI is InChI=1S/C11H13ClFN/c1-7-5-9(12)8(6-10(7)13)11-3-2-4-14-11/h5-6,11,14H,2-4H2,1H3. The van der Waals surface area contributed by atoms with Gasteiger partial charge in [-0.25, -0.2) is 4.39 Å². The highest BCUT2D eigenvalue weighted by atomic mass is 35.5. The molecule has 1 aliphatic heterocycles. The second kappa shape index (κ2) is 3.87. The van der Waals surface area contributed by atoms with Crippen LogP contribution in [-0.2, 0) is 0 Å². The fourth-order valence-corrected chi connectivity index (χ4v) is 2.23. The zero-order valence-corrected chi connectivity index (χ0v) is 8.87. The van der Waals surface area contributed by atoms with Gasteiger partial charge in [-0.15, -0.1) is 0 Å². The number of hydrogen-bond acceptors (Lipinski definition) is 1. The first-order valence-electron chi connectivity index (χ1n) is 4.87. The first-order valence-corrected chi connectivity index (χ1v) is 5.25. The molecule has 1 aromatic rings. The molecule has 1 N–H and O–H groups in total. The molecule has 0 amide bonds. The molecule has 76 valence electrons. The van der Waals surface area contributed by atoms with E-state index in [0.29, 0.717) is 10.6 Å². The van der Waals surface area contributed by atoms with Gasteiger partial charge >= 0.3 is 0 Å². The Morgan fingerprint density at radius 1 is 1.50 bits per heavy atom. The summed E-state index contributed by atoms with van der Waals surface area (Å²) in [5.74, 6) is -0.168. The average molecular weight is 214 g/mol. The van der Waals surface area contributed by atoms with E-state index < -0.39 is 0 Å². The van der Waals surface area contributed by atoms with E-state index >= 15 is 0 Å². The summed E-state index contributed by atoms with van der Waals surface area (Å²) in [4.78, 5) is 0. The minimum absolute atomic E-state index is 0.168. The Kier molecular flexibility index (Phi) is 2.75. The molecule has 1 aliphatic rings. The highest BCUT2D eigenvalue weighted by Crippen LogP contribution is 2.30. The van der Waals surface area contributed by atoms with Gasteiger partial charge in [0, 0.05) is 11.1 Å². The summed E-state index contributed by atoms with van der Waals surface area (Å²) in [6.07, 6.45) is 2.18. The van der Waals surface area contributed by atoms with Crippen LogP contribution in [0.5, 0.6) is 0 Å². The first kappa shape index (κ1) is 9.94. The van der Waals surface area contributed by atoms with E-state index in [0.717, 1.165) is 24.9 Å². The van der Waals surface area contributed by atoms with Crippen molar-refractivity contribution in [1.29, 1.82) is 0 Å². The summed E-state index contributed by atoms with van der Waals surface area (Å²) in [7, 11) is 0. The topological polar surface area (TPSA) is 12.0 Å². The molecule has 1 unspecified atom stereocenters. The Morgan fingerprint density at radius 3 is 2.93 bits per heavy atom. The van der Waals surface area contributed by atoms with Crippen LogP contribution >= 0.6 is 11.6 Å². The van der Waals surface area contributed by atoms with Crippen LogP contribution in [-0.4, -0.2) is 6.54 Å². The summed E-state index contributed by atoms with van der Waals surface area (Å²) in [5.41, 5.74) is 1.50. The third-order valence-electron chi connectivity index (χ3n) is 2.71. The second-order valence-electron chi connectivity index (χ2n) is 3.77. The lowest BCUT2D eigenvalue weighted by Crippen LogP contribution is -2.13. The van der Waals surface area contributed by atoms with Gasteiger partial charge in [-0.05, 0) is 49.6 Å². The van der Waals surface area contributed by atoms with Crippen molar-refractivity contribution in [1.82, 2.24) is 5.32 Å². The second-order valence-corrected chi connectivity index (χ2v) is 4.18. The number of benzene rings is 1. The molecule has 1 fully saturated rings. The maximum atomic E-state index is 13.3. The number of rotatable bonds is 1. The van der Waals surface area contributed by atoms with Crippen LogP contribution in [0.25, 0.3) is 0 Å². The number of aryl methyl sites for hydroxylation is 1. The van der Waals surface area contributed by atoms with Gasteiger partial charge in [0.15, 0.2) is 0 Å². The van der Waals surface area contributed by atoms with E-state index in [1.54, 1.807) is 19.1 Å². The van der Waals surface area contributed by atoms with E-state index in [1.807, 2.05) is 0 Å². The van der Waals surface area contributed by atoms with Crippen LogP contribution < -0.4 is 5.32 Å². The summed E-state index contributed by atoms with van der Waals surface area (Å²) in [6.45, 7) is 2.73. The van der Waals surface area contributed by atoms with Gasteiger partial charge < -0.3 is 5.32 Å². The molecule has 14 heavy (non-hydrogen) atoms. The molecule has 0 radical (unpaired) electrons. The molecule has 1 heterocycles. The van der Waals surface area contributed by atoms with Gasteiger partial charge in [0.2, 0.25) is 0 Å². The van der Waals surface area contributed by atoms with E-state index in [4.69, 9.17) is 11.6 Å². The fourth-order valence-electron chi connectivity index (χ4n) is 1.88. The van der Waals surface area contributed by atoms with Crippen LogP contribution in [0.2, 0.25) is 5.02 Å². The predicted octanol–water partition coefficient (Wildman–Crippen LogP) is 3.21. The highest BCUT2D eigenvalue weighted by molar-refractivity contribution is 6.31. The average Bonchev–Trinajstić information content (AvgIpc) is 2.64. The van der Waals surface area contributed by atoms with Crippen molar-refractivity contribution in [2.45, 2.75) is 25.8 Å². The van der Waals surface area contributed by atoms with E-state index in [2.05, 4.69) is 5.32 Å². The molecular formula is C11H13ClFN. The number of hydrogen-bond donors (Lipinski definition) is 1. The Balaban J connectivity index is 2.37. The maximum absolute atomic E-state index is 13.3. The largest absolute Gasteiger partial charge is 0.310 e. The zero-order chi connectivity index (χ0) is 10.1. The van der Waals surface area contributed by atoms with Crippen molar-refractivity contribution in [3.05, 3.63) is 34.1 Å². The van der Waals surface area contributed by atoms with Gasteiger partial charge in [-0.3, -0.25) is 0 Å². The van der Waals surface area contributed by atoms with Crippen molar-refractivity contribution in [2.75, 3.05) is 6.54 Å². The van der Waals surface area contributed by atoms with Crippen molar-refractivity contribution in [3.63, 3.8) is 0 Å². The third kappa shape index (κ3) is 1.77. The smallest absolute Gasteiger partial charge is 0.126 e. The molecule has 0 aliphatic carbocycles. The molecule has 1 aromatic carbocycles. The maximum Gasteiger partial charge on any atom is 0.126 e. The van der Waals surface area contributed by atoms with Crippen LogP contribution in [0, 0.1) is 12.7 Å². The van der Waals surface area contributed by atoms with Crippen molar-refractivity contribution >= 4 is 11.6 Å². The predicted molar refractivity (Wildman–Crippen MR) is 56.1 cm³/mol. The number of nitrogens with one attached hydrogen (secondary N) is 1. The molecule has 0 aromatic heterocycles. The van der Waals surface area contributed by atoms with Gasteiger partial charge in [-0.2, -0.15) is 0 Å². The SMILES string of the molecule is Cc1cc(Cl)c(C2CCCN2)cc1F. The summed E-state index contributed by atoms with van der Waals surface area (Å²) in [5, 5.41) is 3.98. The summed E-state index contributed by atoms with van der Waals surface area (Å²) >= 11 is 6.07. The van der Waals surface area contributed by atoms with Crippen molar-refractivity contribution < 1.29 is 4.39 Å². The minimum atomic E-state index is -0.168. The molecule has 3 heteroatoms. The van der Waals surface area contributed by atoms with Gasteiger partial charge in [-0.1, -0.05) is 11.6 Å². The van der Waals surface area contributed by atoms with Crippen molar-refractivity contribution in [2.24, 2.45) is 0 Å². The van der Waals surface area contributed by atoms with Gasteiger partial charge in [0.05, 0.1) is 0 Å². The Bertz CT molecular complexity index is 345. The molecule has 1 nitrogen and oxygen atoms in total. The quantitative estimate of drug-likeness (QED) is 0.756. The lowest BCUT2D eigenvalue weighted by Gasteiger charge is -2.13. The van der Waals surface area contributed by atoms with Crippen LogP contribution in [0.3, 0.4) is 0 Å². The number of halogens is 2. The first-order chi connectivity index (χ1) is 6.68. The lowest BCUT2D eigenvalue weighted by molar-refractivity contribution is 0.600. The lowest BCUT2D eigenvalue weighted by atomic mass is 10.0. The Labute approximate surface area is 88.3 Å². The third-order valence-corrected chi connectivity index (χ3v) is 3.04. The van der Waals surface area contributed by atoms with E-state index in [9.17, 15) is 4.39 Å². The Morgan fingerprint density at radius 2 is 2.29 bits per heavy atom. The van der Waals surface area contributed by atoms with E-state index in [1.165, 1.54) is 0 Å². The zero-order valence-electron chi connectivity index (χ0n) is 8.11. The van der Waals surface area contributed by atoms with Gasteiger partial charge in [0.25, 0.3) is 0 Å². The molecule has 0 bridgehead atoms. The normalized spacial score (nSPS) is 21.5. The van der Waals surface area contributed by atoms with Crippen molar-refractivity contribution in [3.8, 4) is 0 Å². The van der Waals surface area contributed by atoms with Crippen LogP contribution in [0.15, 0.2) is 12.1 Å². The molecule has 2 rings (SSSR count). The van der Waals surface area contributed by atoms with Crippen LogP contribution in [0.1, 0.15) is 30.0 Å². The fraction of sp³-hybridized carbons (Fsp3) is 0.455. The molecule has 0 spiro atoms. The summed E-state index contributed by atoms with van der Waals surface area (Å²) < 4.78 is 13.3. The van der Waals surface area contributed by atoms with Crippen LogP contribution in [0.4, 0.5) is 4.39 Å².